The maximum atomic E-state index is 12.9. The first-order valence-electron chi connectivity index (χ1n) is 10.8. The molecule has 0 radical (unpaired) electrons. The highest BCUT2D eigenvalue weighted by Gasteiger charge is 2.21. The predicted octanol–water partition coefficient (Wildman–Crippen LogP) is 2.61. The molecule has 0 aliphatic rings. The summed E-state index contributed by atoms with van der Waals surface area (Å²) >= 11 is 7.73. The summed E-state index contributed by atoms with van der Waals surface area (Å²) in [5.74, 6) is -0.684. The fourth-order valence-corrected chi connectivity index (χ4v) is 4.44. The van der Waals surface area contributed by atoms with E-state index in [9.17, 15) is 14.7 Å². The highest BCUT2D eigenvalue weighted by atomic mass is 35.5. The van der Waals surface area contributed by atoms with Crippen LogP contribution in [0.3, 0.4) is 0 Å². The van der Waals surface area contributed by atoms with E-state index in [0.717, 1.165) is 13.0 Å². The number of nitrogen functional groups attached to an aromatic ring is 1. The average molecular weight is 527 g/mol. The summed E-state index contributed by atoms with van der Waals surface area (Å²) in [5, 5.41) is 13.4. The zero-order chi connectivity index (χ0) is 25.8. The molecule has 0 unspecified atom stereocenters. The highest BCUT2D eigenvalue weighted by Crippen LogP contribution is 2.38. The minimum Gasteiger partial charge on any atom is -0.493 e. The van der Waals surface area contributed by atoms with Crippen molar-refractivity contribution in [3.8, 4) is 5.88 Å². The highest BCUT2D eigenvalue weighted by molar-refractivity contribution is 7.99. The van der Waals surface area contributed by atoms with Crippen LogP contribution in [-0.2, 0) is 0 Å². The second-order valence-electron chi connectivity index (χ2n) is 7.70. The zero-order valence-electron chi connectivity index (χ0n) is 19.2. The third-order valence-electron chi connectivity index (χ3n) is 5.20. The van der Waals surface area contributed by atoms with E-state index in [4.69, 9.17) is 23.1 Å². The predicted molar refractivity (Wildman–Crippen MR) is 140 cm³/mol. The van der Waals surface area contributed by atoms with E-state index in [2.05, 4.69) is 20.3 Å². The lowest BCUT2D eigenvalue weighted by Gasteiger charge is -2.18. The number of rotatable bonds is 8. The minimum atomic E-state index is -0.850. The number of aromatic hydroxyl groups is 1. The molecule has 0 spiro atoms. The van der Waals surface area contributed by atoms with Crippen LogP contribution in [0.25, 0.3) is 5.65 Å². The molecule has 3 aromatic heterocycles. The van der Waals surface area contributed by atoms with Gasteiger partial charge < -0.3 is 26.8 Å². The molecule has 0 aliphatic carbocycles. The lowest BCUT2D eigenvalue weighted by Crippen LogP contribution is -2.27. The van der Waals surface area contributed by atoms with Crippen LogP contribution in [0.4, 0.5) is 17.3 Å². The van der Waals surface area contributed by atoms with Crippen molar-refractivity contribution in [2.24, 2.45) is 5.73 Å². The van der Waals surface area contributed by atoms with Gasteiger partial charge in [0.25, 0.3) is 11.5 Å². The molecule has 0 fully saturated rings. The van der Waals surface area contributed by atoms with Gasteiger partial charge in [-0.1, -0.05) is 35.5 Å². The first-order chi connectivity index (χ1) is 17.3. The molecule has 3 heterocycles. The van der Waals surface area contributed by atoms with Gasteiger partial charge in [0.2, 0.25) is 5.88 Å². The van der Waals surface area contributed by atoms with Crippen LogP contribution in [0.5, 0.6) is 5.88 Å². The molecule has 36 heavy (non-hydrogen) atoms. The summed E-state index contributed by atoms with van der Waals surface area (Å²) in [4.78, 5) is 40.9. The number of nitrogens with one attached hydrogen (secondary N) is 1. The van der Waals surface area contributed by atoms with E-state index in [1.54, 1.807) is 42.6 Å². The second kappa shape index (κ2) is 10.8. The topological polar surface area (TPSA) is 165 Å². The van der Waals surface area contributed by atoms with Gasteiger partial charge in [-0.15, -0.1) is 0 Å². The molecule has 0 saturated heterocycles. The van der Waals surface area contributed by atoms with Crippen LogP contribution in [0.2, 0.25) is 5.02 Å². The van der Waals surface area contributed by atoms with E-state index in [1.807, 2.05) is 11.9 Å². The molecule has 0 atom stereocenters. The molecule has 4 rings (SSSR count). The molecule has 0 aliphatic heterocycles. The number of hydrogen-bond acceptors (Lipinski definition) is 10. The minimum absolute atomic E-state index is 0.203. The van der Waals surface area contributed by atoms with Gasteiger partial charge in [-0.3, -0.25) is 14.0 Å². The Morgan fingerprint density at radius 1 is 1.25 bits per heavy atom. The number of carbonyl (C=O) groups is 1. The Hall–Kier alpha value is -3.87. The Bertz CT molecular complexity index is 1500. The van der Waals surface area contributed by atoms with Crippen molar-refractivity contribution in [1.82, 2.24) is 19.4 Å². The number of nitrogens with zero attached hydrogens (tertiary/aromatic N) is 5. The largest absolute Gasteiger partial charge is 0.493 e. The van der Waals surface area contributed by atoms with Crippen LogP contribution < -0.4 is 27.2 Å². The zero-order valence-corrected chi connectivity index (χ0v) is 20.8. The van der Waals surface area contributed by atoms with Gasteiger partial charge in [0, 0.05) is 24.7 Å². The number of amides is 1. The van der Waals surface area contributed by atoms with E-state index in [0.29, 0.717) is 22.3 Å². The molecular formula is C23H23ClN8O3S. The molecule has 6 N–H and O–H groups in total. The molecule has 186 valence electrons. The Labute approximate surface area is 215 Å². The molecule has 4 aromatic rings. The summed E-state index contributed by atoms with van der Waals surface area (Å²) in [7, 11) is 1.88. The standard InChI is InChI=1S/C23H23ClN8O3S/c1-31(10-5-9-25)16-12-27-22(19(26)29-16)36-14-7-4-6-13(18(14)24)28-20(33)17-21(34)30-15-8-2-3-11-32(15)23(17)35/h2-4,6-8,11-12,34H,5,9-10,25H2,1H3,(H2,26,29)(H,28,33). The number of pyridine rings is 1. The van der Waals surface area contributed by atoms with E-state index in [1.165, 1.54) is 22.4 Å². The van der Waals surface area contributed by atoms with Crippen molar-refractivity contribution in [3.63, 3.8) is 0 Å². The van der Waals surface area contributed by atoms with Crippen molar-refractivity contribution in [2.45, 2.75) is 16.3 Å². The van der Waals surface area contributed by atoms with Crippen molar-refractivity contribution in [2.75, 3.05) is 36.1 Å². The second-order valence-corrected chi connectivity index (χ2v) is 9.11. The third kappa shape index (κ3) is 5.20. The summed E-state index contributed by atoms with van der Waals surface area (Å²) in [6, 6.07) is 9.79. The summed E-state index contributed by atoms with van der Waals surface area (Å²) in [6.07, 6.45) is 3.87. The van der Waals surface area contributed by atoms with Crippen LogP contribution in [0.15, 0.2) is 63.5 Å². The SMILES string of the molecule is CN(CCCN)c1cnc(Sc2cccc(NC(=O)c3c(O)nc4ccccn4c3=O)c2Cl)c(N)n1. The third-order valence-corrected chi connectivity index (χ3v) is 6.79. The number of hydrogen-bond donors (Lipinski definition) is 4. The number of fused-ring (bicyclic) bond motifs is 1. The Kier molecular flexibility index (Phi) is 7.58. The molecule has 11 nitrogen and oxygen atoms in total. The first-order valence-corrected chi connectivity index (χ1v) is 12.0. The molecule has 1 amide bonds. The van der Waals surface area contributed by atoms with Gasteiger partial charge in [0.05, 0.1) is 16.9 Å². The van der Waals surface area contributed by atoms with Gasteiger partial charge in [-0.25, -0.2) is 9.97 Å². The molecule has 1 aromatic carbocycles. The molecule has 13 heteroatoms. The van der Waals surface area contributed by atoms with Gasteiger partial charge >= 0.3 is 0 Å². The van der Waals surface area contributed by atoms with Crippen molar-refractivity contribution in [1.29, 1.82) is 0 Å². The number of benzene rings is 1. The Balaban J connectivity index is 1.57. The average Bonchev–Trinajstić information content (AvgIpc) is 2.86. The number of carbonyl (C=O) groups excluding carboxylic acids is 1. The molecule has 0 saturated carbocycles. The lowest BCUT2D eigenvalue weighted by molar-refractivity contribution is 0.102. The molecule has 0 bridgehead atoms. The normalized spacial score (nSPS) is 11.0. The van der Waals surface area contributed by atoms with Crippen LogP contribution in [0, 0.1) is 0 Å². The Morgan fingerprint density at radius 2 is 2.06 bits per heavy atom. The van der Waals surface area contributed by atoms with E-state index in [-0.39, 0.29) is 22.2 Å². The van der Waals surface area contributed by atoms with Gasteiger partial charge in [0.1, 0.15) is 16.5 Å². The van der Waals surface area contributed by atoms with Crippen LogP contribution >= 0.6 is 23.4 Å². The smallest absolute Gasteiger partial charge is 0.274 e. The van der Waals surface area contributed by atoms with Gasteiger partial charge in [0.15, 0.2) is 11.4 Å². The van der Waals surface area contributed by atoms with Gasteiger partial charge in [-0.2, -0.15) is 4.98 Å². The van der Waals surface area contributed by atoms with Crippen molar-refractivity contribution in [3.05, 3.63) is 69.7 Å². The maximum absolute atomic E-state index is 12.9. The monoisotopic (exact) mass is 526 g/mol. The maximum Gasteiger partial charge on any atom is 0.274 e. The summed E-state index contributed by atoms with van der Waals surface area (Å²) in [6.45, 7) is 1.29. The first kappa shape index (κ1) is 25.2. The summed E-state index contributed by atoms with van der Waals surface area (Å²) in [5.41, 5.74) is 10.9. The fourth-order valence-electron chi connectivity index (χ4n) is 3.34. The lowest BCUT2D eigenvalue weighted by atomic mass is 10.2. The fraction of sp³-hybridized carbons (Fsp3) is 0.174. The quantitative estimate of drug-likeness (QED) is 0.268. The Morgan fingerprint density at radius 3 is 2.81 bits per heavy atom. The number of aromatic nitrogens is 4. The van der Waals surface area contributed by atoms with Crippen LogP contribution in [0.1, 0.15) is 16.8 Å². The number of nitrogens with two attached hydrogens (primary N) is 2. The van der Waals surface area contributed by atoms with E-state index < -0.39 is 22.9 Å². The van der Waals surface area contributed by atoms with E-state index >= 15 is 0 Å². The van der Waals surface area contributed by atoms with Gasteiger partial charge in [-0.05, 0) is 37.2 Å². The number of anilines is 3. The van der Waals surface area contributed by atoms with Crippen LogP contribution in [-0.4, -0.2) is 50.5 Å². The van der Waals surface area contributed by atoms with Crippen molar-refractivity contribution < 1.29 is 9.90 Å². The number of halogens is 1. The van der Waals surface area contributed by atoms with Crippen molar-refractivity contribution >= 4 is 52.2 Å². The summed E-state index contributed by atoms with van der Waals surface area (Å²) < 4.78 is 1.17. The molecular weight excluding hydrogens is 504 g/mol.